The van der Waals surface area contributed by atoms with Gasteiger partial charge in [0, 0.05) is 44.6 Å². The third-order valence-corrected chi connectivity index (χ3v) is 4.71. The van der Waals surface area contributed by atoms with Crippen molar-refractivity contribution in [1.82, 2.24) is 14.8 Å². The van der Waals surface area contributed by atoms with E-state index in [0.717, 1.165) is 44.6 Å². The Bertz CT molecular complexity index is 474. The largest absolute Gasteiger partial charge is 0.339 e. The van der Waals surface area contributed by atoms with Crippen LogP contribution in [0.3, 0.4) is 0 Å². The van der Waals surface area contributed by atoms with Crippen LogP contribution in [-0.2, 0) is 10.2 Å². The van der Waals surface area contributed by atoms with Crippen LogP contribution in [0.5, 0.6) is 0 Å². The fourth-order valence-electron chi connectivity index (χ4n) is 3.14. The molecule has 1 saturated carbocycles. The standard InChI is InChI=1S/C16H23N3O/c1-13(2)18-8-10-19(11-9-18)15(20)16(5-6-16)14-4-3-7-17-12-14/h3-4,7,12-13H,5-6,8-11H2,1-2H3. The summed E-state index contributed by atoms with van der Waals surface area (Å²) in [7, 11) is 0. The molecule has 1 aliphatic carbocycles. The molecule has 2 aliphatic rings. The first-order valence-electron chi connectivity index (χ1n) is 7.57. The van der Waals surface area contributed by atoms with E-state index < -0.39 is 0 Å². The van der Waals surface area contributed by atoms with Crippen LogP contribution in [0.4, 0.5) is 0 Å². The fraction of sp³-hybridized carbons (Fsp3) is 0.625. The van der Waals surface area contributed by atoms with E-state index in [1.165, 1.54) is 0 Å². The molecule has 108 valence electrons. The van der Waals surface area contributed by atoms with Crippen molar-refractivity contribution in [2.75, 3.05) is 26.2 Å². The highest BCUT2D eigenvalue weighted by Crippen LogP contribution is 2.49. The zero-order valence-corrected chi connectivity index (χ0v) is 12.4. The Balaban J connectivity index is 1.69. The number of piperazine rings is 1. The number of hydrogen-bond donors (Lipinski definition) is 0. The van der Waals surface area contributed by atoms with Crippen LogP contribution in [0.15, 0.2) is 24.5 Å². The Morgan fingerprint density at radius 2 is 1.95 bits per heavy atom. The highest BCUT2D eigenvalue weighted by atomic mass is 16.2. The molecular formula is C16H23N3O. The van der Waals surface area contributed by atoms with Crippen LogP contribution >= 0.6 is 0 Å². The Labute approximate surface area is 120 Å². The summed E-state index contributed by atoms with van der Waals surface area (Å²) in [6, 6.07) is 4.54. The van der Waals surface area contributed by atoms with Crippen LogP contribution < -0.4 is 0 Å². The van der Waals surface area contributed by atoms with Crippen molar-refractivity contribution in [3.63, 3.8) is 0 Å². The smallest absolute Gasteiger partial charge is 0.233 e. The number of hydrogen-bond acceptors (Lipinski definition) is 3. The number of rotatable bonds is 3. The number of pyridine rings is 1. The third-order valence-electron chi connectivity index (χ3n) is 4.71. The van der Waals surface area contributed by atoms with Crippen LogP contribution in [0.2, 0.25) is 0 Å². The lowest BCUT2D eigenvalue weighted by Gasteiger charge is -2.38. The lowest BCUT2D eigenvalue weighted by Crippen LogP contribution is -2.53. The van der Waals surface area contributed by atoms with Gasteiger partial charge in [-0.05, 0) is 38.3 Å². The highest BCUT2D eigenvalue weighted by Gasteiger charge is 2.53. The van der Waals surface area contributed by atoms with Gasteiger partial charge < -0.3 is 4.90 Å². The molecule has 20 heavy (non-hydrogen) atoms. The number of nitrogens with zero attached hydrogens (tertiary/aromatic N) is 3. The summed E-state index contributed by atoms with van der Waals surface area (Å²) in [6.45, 7) is 8.14. The quantitative estimate of drug-likeness (QED) is 0.840. The van der Waals surface area contributed by atoms with Crippen molar-refractivity contribution >= 4 is 5.91 Å². The van der Waals surface area contributed by atoms with Crippen LogP contribution in [0.1, 0.15) is 32.3 Å². The van der Waals surface area contributed by atoms with Gasteiger partial charge >= 0.3 is 0 Å². The third kappa shape index (κ3) is 2.33. The molecule has 4 heteroatoms. The lowest BCUT2D eigenvalue weighted by atomic mass is 9.95. The molecule has 1 aromatic rings. The van der Waals surface area contributed by atoms with Crippen LogP contribution in [-0.4, -0.2) is 52.9 Å². The summed E-state index contributed by atoms with van der Waals surface area (Å²) in [5, 5.41) is 0. The van der Waals surface area contributed by atoms with Gasteiger partial charge in [0.25, 0.3) is 0 Å². The Morgan fingerprint density at radius 1 is 1.25 bits per heavy atom. The van der Waals surface area contributed by atoms with Crippen molar-refractivity contribution in [3.8, 4) is 0 Å². The van der Waals surface area contributed by atoms with E-state index in [9.17, 15) is 4.79 Å². The Morgan fingerprint density at radius 3 is 2.45 bits per heavy atom. The second-order valence-electron chi connectivity index (χ2n) is 6.25. The minimum absolute atomic E-state index is 0.256. The van der Waals surface area contributed by atoms with Crippen molar-refractivity contribution in [2.45, 2.75) is 38.1 Å². The summed E-state index contributed by atoms with van der Waals surface area (Å²) in [5.41, 5.74) is 0.838. The van der Waals surface area contributed by atoms with E-state index >= 15 is 0 Å². The number of aromatic nitrogens is 1. The van der Waals surface area contributed by atoms with Gasteiger partial charge in [-0.15, -0.1) is 0 Å². The molecule has 1 amide bonds. The molecule has 0 bridgehead atoms. The fourth-order valence-corrected chi connectivity index (χ4v) is 3.14. The van der Waals surface area contributed by atoms with Gasteiger partial charge in [0.1, 0.15) is 0 Å². The van der Waals surface area contributed by atoms with Gasteiger partial charge in [0.15, 0.2) is 0 Å². The molecule has 2 heterocycles. The molecular weight excluding hydrogens is 250 g/mol. The molecule has 2 fully saturated rings. The monoisotopic (exact) mass is 273 g/mol. The molecule has 0 N–H and O–H groups in total. The number of carbonyl (C=O) groups is 1. The van der Waals surface area contributed by atoms with E-state index in [0.29, 0.717) is 11.9 Å². The lowest BCUT2D eigenvalue weighted by molar-refractivity contribution is -0.136. The second kappa shape index (κ2) is 5.17. The normalized spacial score (nSPS) is 22.1. The molecule has 0 spiro atoms. The minimum Gasteiger partial charge on any atom is -0.339 e. The van der Waals surface area contributed by atoms with Gasteiger partial charge in [-0.2, -0.15) is 0 Å². The van der Waals surface area contributed by atoms with Crippen molar-refractivity contribution in [3.05, 3.63) is 30.1 Å². The van der Waals surface area contributed by atoms with Crippen molar-refractivity contribution < 1.29 is 4.79 Å². The summed E-state index contributed by atoms with van der Waals surface area (Å²) >= 11 is 0. The predicted octanol–water partition coefficient (Wildman–Crippen LogP) is 1.67. The van der Waals surface area contributed by atoms with Crippen LogP contribution in [0.25, 0.3) is 0 Å². The first-order chi connectivity index (χ1) is 9.63. The molecule has 0 atom stereocenters. The first kappa shape index (κ1) is 13.6. The van der Waals surface area contributed by atoms with Gasteiger partial charge in [-0.1, -0.05) is 6.07 Å². The van der Waals surface area contributed by atoms with E-state index in [1.54, 1.807) is 6.20 Å². The maximum absolute atomic E-state index is 12.8. The van der Waals surface area contributed by atoms with Crippen LogP contribution in [0, 0.1) is 0 Å². The molecule has 3 rings (SSSR count). The average Bonchev–Trinajstić information content (AvgIpc) is 3.29. The molecule has 0 aromatic carbocycles. The zero-order valence-electron chi connectivity index (χ0n) is 12.4. The predicted molar refractivity (Wildman–Crippen MR) is 78.4 cm³/mol. The second-order valence-corrected chi connectivity index (χ2v) is 6.25. The van der Waals surface area contributed by atoms with Gasteiger partial charge in [-0.3, -0.25) is 14.7 Å². The summed E-state index contributed by atoms with van der Waals surface area (Å²) in [4.78, 5) is 21.5. The summed E-state index contributed by atoms with van der Waals surface area (Å²) < 4.78 is 0. The van der Waals surface area contributed by atoms with E-state index in [4.69, 9.17) is 0 Å². The van der Waals surface area contributed by atoms with Crippen molar-refractivity contribution in [2.24, 2.45) is 0 Å². The Kier molecular flexibility index (Phi) is 3.50. The Hall–Kier alpha value is -1.42. The maximum Gasteiger partial charge on any atom is 0.233 e. The number of amides is 1. The zero-order chi connectivity index (χ0) is 14.2. The minimum atomic E-state index is -0.256. The maximum atomic E-state index is 12.8. The molecule has 0 radical (unpaired) electrons. The van der Waals surface area contributed by atoms with Gasteiger partial charge in [0.05, 0.1) is 5.41 Å². The van der Waals surface area contributed by atoms with Crippen molar-refractivity contribution in [1.29, 1.82) is 0 Å². The van der Waals surface area contributed by atoms with E-state index in [-0.39, 0.29) is 5.41 Å². The molecule has 1 saturated heterocycles. The molecule has 0 unspecified atom stereocenters. The van der Waals surface area contributed by atoms with Gasteiger partial charge in [-0.25, -0.2) is 0 Å². The average molecular weight is 273 g/mol. The highest BCUT2D eigenvalue weighted by molar-refractivity contribution is 5.91. The molecule has 1 aliphatic heterocycles. The molecule has 1 aromatic heterocycles. The molecule has 4 nitrogen and oxygen atoms in total. The summed E-state index contributed by atoms with van der Waals surface area (Å²) in [6.07, 6.45) is 5.57. The van der Waals surface area contributed by atoms with E-state index in [1.807, 2.05) is 18.3 Å². The van der Waals surface area contributed by atoms with Gasteiger partial charge in [0.2, 0.25) is 5.91 Å². The SMILES string of the molecule is CC(C)N1CCN(C(=O)C2(c3cccnc3)CC2)CC1. The summed E-state index contributed by atoms with van der Waals surface area (Å²) in [5.74, 6) is 0.314. The topological polar surface area (TPSA) is 36.4 Å². The first-order valence-corrected chi connectivity index (χ1v) is 7.57. The number of carbonyl (C=O) groups excluding carboxylic acids is 1. The van der Waals surface area contributed by atoms with E-state index in [2.05, 4.69) is 28.6 Å².